The van der Waals surface area contributed by atoms with Gasteiger partial charge in [-0.1, -0.05) is 17.7 Å². The molecule has 4 rings (SSSR count). The second-order valence-electron chi connectivity index (χ2n) is 7.54. The Morgan fingerprint density at radius 1 is 1.09 bits per heavy atom. The number of fused-ring (bicyclic) bond motifs is 1. The molecule has 1 atom stereocenters. The quantitative estimate of drug-likeness (QED) is 0.598. The molecule has 1 N–H and O–H groups in total. The van der Waals surface area contributed by atoms with Crippen LogP contribution < -0.4 is 10.2 Å². The summed E-state index contributed by atoms with van der Waals surface area (Å²) in [6, 6.07) is 12.5. The van der Waals surface area contributed by atoms with Gasteiger partial charge >= 0.3 is 0 Å². The average Bonchev–Trinajstić information content (AvgIpc) is 2.81. The second kappa shape index (κ2) is 8.88. The number of rotatable bonds is 5. The van der Waals surface area contributed by atoms with Gasteiger partial charge in [0.1, 0.15) is 11.7 Å². The molecule has 0 saturated carbocycles. The van der Waals surface area contributed by atoms with E-state index in [1.165, 1.54) is 23.1 Å². The molecule has 0 aliphatic carbocycles. The Bertz CT molecular complexity index is 1220. The Kier molecular flexibility index (Phi) is 6.01. The number of anilines is 1. The van der Waals surface area contributed by atoms with E-state index in [2.05, 4.69) is 10.3 Å². The molecule has 2 heterocycles. The molecule has 3 aromatic rings. The Morgan fingerprint density at radius 2 is 1.84 bits per heavy atom. The third kappa shape index (κ3) is 4.24. The lowest BCUT2D eigenvalue weighted by atomic mass is 9.85. The zero-order valence-electron chi connectivity index (χ0n) is 17.1. The van der Waals surface area contributed by atoms with E-state index in [-0.39, 0.29) is 28.8 Å². The van der Waals surface area contributed by atoms with E-state index in [4.69, 9.17) is 11.6 Å². The van der Waals surface area contributed by atoms with E-state index < -0.39 is 17.5 Å². The summed E-state index contributed by atoms with van der Waals surface area (Å²) in [6.45, 7) is 0.315. The van der Waals surface area contributed by atoms with Crippen LogP contribution in [-0.2, 0) is 17.8 Å². The highest BCUT2D eigenvalue weighted by Gasteiger charge is 2.38. The van der Waals surface area contributed by atoms with Crippen molar-refractivity contribution in [1.82, 2.24) is 10.3 Å². The van der Waals surface area contributed by atoms with Gasteiger partial charge in [-0.3, -0.25) is 19.4 Å². The maximum absolute atomic E-state index is 13.8. The van der Waals surface area contributed by atoms with Gasteiger partial charge in [-0.2, -0.15) is 0 Å². The minimum atomic E-state index is -1.01. The van der Waals surface area contributed by atoms with E-state index >= 15 is 0 Å². The van der Waals surface area contributed by atoms with E-state index in [1.807, 2.05) is 0 Å². The molecule has 1 unspecified atom stereocenters. The molecule has 8 heteroatoms. The van der Waals surface area contributed by atoms with Crippen molar-refractivity contribution in [2.75, 3.05) is 11.9 Å². The number of Topliss-reactive ketones (excluding diaryl/α,β-unsaturated/α-hetero) is 1. The van der Waals surface area contributed by atoms with Crippen molar-refractivity contribution in [2.24, 2.45) is 5.92 Å². The van der Waals surface area contributed by atoms with Crippen molar-refractivity contribution < 1.29 is 18.8 Å². The van der Waals surface area contributed by atoms with Crippen LogP contribution in [0.25, 0.3) is 0 Å². The summed E-state index contributed by atoms with van der Waals surface area (Å²) in [5.74, 6) is -2.74. The largest absolute Gasteiger partial charge is 0.348 e. The van der Waals surface area contributed by atoms with Gasteiger partial charge in [0.2, 0.25) is 5.91 Å². The zero-order chi connectivity index (χ0) is 22.8. The van der Waals surface area contributed by atoms with Crippen molar-refractivity contribution in [3.8, 4) is 0 Å². The summed E-state index contributed by atoms with van der Waals surface area (Å²) in [4.78, 5) is 44.0. The molecular formula is C24H19ClFN3O3. The molecule has 32 heavy (non-hydrogen) atoms. The van der Waals surface area contributed by atoms with Crippen molar-refractivity contribution in [3.05, 3.63) is 94.0 Å². The van der Waals surface area contributed by atoms with Crippen molar-refractivity contribution in [3.63, 3.8) is 0 Å². The molecule has 1 aliphatic rings. The standard InChI is InChI=1S/C24H19ClFN3O3/c1-29-21-5-3-16(23(31)28-13-14-6-8-27-9-7-14)12-17(21)22(30)18(24(29)32)10-15-2-4-19(25)20(26)11-15/h2-9,11-12,18H,10,13H2,1H3,(H,28,31). The maximum atomic E-state index is 13.8. The number of hydrogen-bond acceptors (Lipinski definition) is 4. The number of carbonyl (C=O) groups excluding carboxylic acids is 3. The number of amides is 2. The number of hydrogen-bond donors (Lipinski definition) is 1. The van der Waals surface area contributed by atoms with Gasteiger partial charge in [0.05, 0.1) is 10.7 Å². The van der Waals surface area contributed by atoms with E-state index in [0.29, 0.717) is 23.4 Å². The lowest BCUT2D eigenvalue weighted by Gasteiger charge is -2.31. The smallest absolute Gasteiger partial charge is 0.251 e. The lowest BCUT2D eigenvalue weighted by Crippen LogP contribution is -2.43. The highest BCUT2D eigenvalue weighted by atomic mass is 35.5. The molecular weight excluding hydrogens is 433 g/mol. The van der Waals surface area contributed by atoms with Crippen molar-refractivity contribution in [1.29, 1.82) is 0 Å². The number of benzene rings is 2. The van der Waals surface area contributed by atoms with Gasteiger partial charge in [0.25, 0.3) is 5.91 Å². The van der Waals surface area contributed by atoms with Crippen LogP contribution in [0.4, 0.5) is 10.1 Å². The summed E-state index contributed by atoms with van der Waals surface area (Å²) in [6.07, 6.45) is 3.31. The molecule has 0 spiro atoms. The fourth-order valence-electron chi connectivity index (χ4n) is 3.69. The monoisotopic (exact) mass is 451 g/mol. The minimum Gasteiger partial charge on any atom is -0.348 e. The van der Waals surface area contributed by atoms with E-state index in [0.717, 1.165) is 5.56 Å². The molecule has 2 aromatic carbocycles. The maximum Gasteiger partial charge on any atom is 0.251 e. The number of carbonyl (C=O) groups is 3. The second-order valence-corrected chi connectivity index (χ2v) is 7.94. The molecule has 0 saturated heterocycles. The molecule has 0 radical (unpaired) electrons. The first-order valence-electron chi connectivity index (χ1n) is 9.92. The summed E-state index contributed by atoms with van der Waals surface area (Å²) in [5, 5.41) is 2.78. The van der Waals surface area contributed by atoms with E-state index in [1.54, 1.807) is 49.8 Å². The first-order chi connectivity index (χ1) is 15.3. The molecule has 162 valence electrons. The van der Waals surface area contributed by atoms with Crippen LogP contribution in [-0.4, -0.2) is 29.6 Å². The average molecular weight is 452 g/mol. The van der Waals surface area contributed by atoms with Crippen LogP contribution in [0.15, 0.2) is 60.9 Å². The van der Waals surface area contributed by atoms with Gasteiger partial charge in [-0.05, 0) is 60.0 Å². The summed E-state index contributed by atoms with van der Waals surface area (Å²) < 4.78 is 13.8. The minimum absolute atomic E-state index is 0.0278. The van der Waals surface area contributed by atoms with Gasteiger partial charge in [0, 0.05) is 37.1 Å². The Balaban J connectivity index is 1.57. The van der Waals surface area contributed by atoms with Crippen LogP contribution >= 0.6 is 11.6 Å². The fourth-order valence-corrected chi connectivity index (χ4v) is 3.80. The third-order valence-electron chi connectivity index (χ3n) is 5.46. The van der Waals surface area contributed by atoms with Crippen LogP contribution in [0.5, 0.6) is 0 Å². The highest BCUT2D eigenvalue weighted by Crippen LogP contribution is 2.32. The van der Waals surface area contributed by atoms with Crippen LogP contribution in [0.2, 0.25) is 5.02 Å². The van der Waals surface area contributed by atoms with Crippen LogP contribution in [0.1, 0.15) is 31.8 Å². The Morgan fingerprint density at radius 3 is 2.56 bits per heavy atom. The molecule has 1 aromatic heterocycles. The predicted molar refractivity (Wildman–Crippen MR) is 118 cm³/mol. The highest BCUT2D eigenvalue weighted by molar-refractivity contribution is 6.30. The van der Waals surface area contributed by atoms with Gasteiger partial charge in [-0.15, -0.1) is 0 Å². The van der Waals surface area contributed by atoms with Crippen LogP contribution in [0.3, 0.4) is 0 Å². The van der Waals surface area contributed by atoms with E-state index in [9.17, 15) is 18.8 Å². The zero-order valence-corrected chi connectivity index (χ0v) is 17.9. The number of pyridine rings is 1. The van der Waals surface area contributed by atoms with Crippen molar-refractivity contribution >= 4 is 34.9 Å². The number of nitrogens with one attached hydrogen (secondary N) is 1. The summed E-state index contributed by atoms with van der Waals surface area (Å²) in [7, 11) is 1.58. The molecule has 0 fully saturated rings. The predicted octanol–water partition coefficient (Wildman–Crippen LogP) is 3.82. The SMILES string of the molecule is CN1C(=O)C(Cc2ccc(Cl)c(F)c2)C(=O)c2cc(C(=O)NCc3ccncc3)ccc21. The van der Waals surface area contributed by atoms with Gasteiger partial charge in [0.15, 0.2) is 5.78 Å². The third-order valence-corrected chi connectivity index (χ3v) is 5.76. The number of halogens is 2. The fraction of sp³-hybridized carbons (Fsp3) is 0.167. The first kappa shape index (κ1) is 21.6. The molecule has 0 bridgehead atoms. The van der Waals surface area contributed by atoms with Gasteiger partial charge < -0.3 is 10.2 Å². The normalized spacial score (nSPS) is 15.5. The molecule has 6 nitrogen and oxygen atoms in total. The topological polar surface area (TPSA) is 79.4 Å². The van der Waals surface area contributed by atoms with Crippen molar-refractivity contribution in [2.45, 2.75) is 13.0 Å². The lowest BCUT2D eigenvalue weighted by molar-refractivity contribution is -0.121. The Hall–Kier alpha value is -3.58. The molecule has 2 amide bonds. The van der Waals surface area contributed by atoms with Gasteiger partial charge in [-0.25, -0.2) is 4.39 Å². The van der Waals surface area contributed by atoms with Crippen LogP contribution in [0, 0.1) is 11.7 Å². The summed E-state index contributed by atoms with van der Waals surface area (Å²) >= 11 is 5.72. The summed E-state index contributed by atoms with van der Waals surface area (Å²) in [5.41, 5.74) is 2.40. The first-order valence-corrected chi connectivity index (χ1v) is 10.3. The number of aromatic nitrogens is 1. The Labute approximate surface area is 189 Å². The number of ketones is 1. The molecule has 1 aliphatic heterocycles. The number of nitrogens with zero attached hydrogens (tertiary/aromatic N) is 2.